The van der Waals surface area contributed by atoms with Crippen LogP contribution < -0.4 is 10.2 Å². The van der Waals surface area contributed by atoms with Crippen molar-refractivity contribution in [3.05, 3.63) is 29.8 Å². The molecule has 0 aliphatic carbocycles. The van der Waals surface area contributed by atoms with Gasteiger partial charge in [-0.2, -0.15) is 0 Å². The molecule has 122 valence electrons. The molecule has 5 heteroatoms. The fourth-order valence-electron chi connectivity index (χ4n) is 2.82. The molecule has 0 spiro atoms. The normalized spacial score (nSPS) is 19.6. The third-order valence-electron chi connectivity index (χ3n) is 4.30. The second-order valence-electron chi connectivity index (χ2n) is 6.31. The third kappa shape index (κ3) is 4.37. The van der Waals surface area contributed by atoms with E-state index in [-0.39, 0.29) is 18.1 Å². The van der Waals surface area contributed by atoms with Crippen molar-refractivity contribution in [1.29, 1.82) is 0 Å². The lowest BCUT2D eigenvalue weighted by Crippen LogP contribution is -2.47. The number of hydrogen-bond donors (Lipinski definition) is 2. The Morgan fingerprint density at radius 1 is 1.50 bits per heavy atom. The van der Waals surface area contributed by atoms with E-state index in [0.29, 0.717) is 13.1 Å². The van der Waals surface area contributed by atoms with Gasteiger partial charge in [0, 0.05) is 45.3 Å². The highest BCUT2D eigenvalue weighted by molar-refractivity contribution is 5.74. The molecular weight excluding hydrogens is 278 g/mol. The molecule has 1 saturated heterocycles. The van der Waals surface area contributed by atoms with Crippen LogP contribution in [0.15, 0.2) is 24.3 Å². The Balaban J connectivity index is 1.88. The standard InChI is InChI=1S/C17H27N3O2/c1-13(21)15-7-5-9-20(12-15)17(22)18-11-14-6-4-8-16(10-14)19(2)3/h4,6,8,10,13,15,21H,5,7,9,11-12H2,1-3H3,(H,18,22). The number of aliphatic hydroxyl groups excluding tert-OH is 1. The minimum absolute atomic E-state index is 0.0411. The van der Waals surface area contributed by atoms with Gasteiger partial charge >= 0.3 is 6.03 Å². The Kier molecular flexibility index (Phi) is 5.66. The van der Waals surface area contributed by atoms with Crippen molar-refractivity contribution < 1.29 is 9.90 Å². The fraction of sp³-hybridized carbons (Fsp3) is 0.588. The fourth-order valence-corrected chi connectivity index (χ4v) is 2.82. The lowest BCUT2D eigenvalue weighted by atomic mass is 9.94. The van der Waals surface area contributed by atoms with E-state index < -0.39 is 0 Å². The van der Waals surface area contributed by atoms with Crippen LogP contribution in [0.2, 0.25) is 0 Å². The van der Waals surface area contributed by atoms with E-state index in [2.05, 4.69) is 11.4 Å². The van der Waals surface area contributed by atoms with Gasteiger partial charge in [0.05, 0.1) is 6.10 Å². The van der Waals surface area contributed by atoms with Crippen LogP contribution in [-0.2, 0) is 6.54 Å². The van der Waals surface area contributed by atoms with Crippen LogP contribution in [0.25, 0.3) is 0 Å². The maximum absolute atomic E-state index is 12.3. The number of benzene rings is 1. The van der Waals surface area contributed by atoms with Crippen molar-refractivity contribution in [2.24, 2.45) is 5.92 Å². The van der Waals surface area contributed by atoms with Gasteiger partial charge in [0.15, 0.2) is 0 Å². The second kappa shape index (κ2) is 7.49. The maximum Gasteiger partial charge on any atom is 0.317 e. The van der Waals surface area contributed by atoms with Crippen molar-refractivity contribution in [2.75, 3.05) is 32.1 Å². The highest BCUT2D eigenvalue weighted by Gasteiger charge is 2.26. The van der Waals surface area contributed by atoms with Gasteiger partial charge in [-0.15, -0.1) is 0 Å². The lowest BCUT2D eigenvalue weighted by molar-refractivity contribution is 0.0738. The van der Waals surface area contributed by atoms with Crippen LogP contribution in [-0.4, -0.2) is 49.3 Å². The smallest absolute Gasteiger partial charge is 0.317 e. The summed E-state index contributed by atoms with van der Waals surface area (Å²) in [6, 6.07) is 8.10. The molecule has 1 heterocycles. The molecule has 2 unspecified atom stereocenters. The molecule has 2 rings (SSSR count). The largest absolute Gasteiger partial charge is 0.393 e. The minimum atomic E-state index is -0.354. The minimum Gasteiger partial charge on any atom is -0.393 e. The van der Waals surface area contributed by atoms with Gasteiger partial charge < -0.3 is 20.2 Å². The zero-order valence-corrected chi connectivity index (χ0v) is 13.7. The molecule has 1 aromatic carbocycles. The van der Waals surface area contributed by atoms with Gasteiger partial charge in [-0.3, -0.25) is 0 Å². The molecule has 2 amide bonds. The van der Waals surface area contributed by atoms with E-state index in [1.165, 1.54) is 0 Å². The Morgan fingerprint density at radius 3 is 2.95 bits per heavy atom. The summed E-state index contributed by atoms with van der Waals surface area (Å²) >= 11 is 0. The number of amides is 2. The van der Waals surface area contributed by atoms with Crippen molar-refractivity contribution in [1.82, 2.24) is 10.2 Å². The molecule has 5 nitrogen and oxygen atoms in total. The Bertz CT molecular complexity index is 502. The quantitative estimate of drug-likeness (QED) is 0.895. The monoisotopic (exact) mass is 305 g/mol. The van der Waals surface area contributed by atoms with E-state index in [1.807, 2.05) is 42.1 Å². The van der Waals surface area contributed by atoms with E-state index >= 15 is 0 Å². The number of nitrogens with one attached hydrogen (secondary N) is 1. The van der Waals surface area contributed by atoms with Crippen LogP contribution in [0.5, 0.6) is 0 Å². The number of rotatable bonds is 4. The first-order valence-electron chi connectivity index (χ1n) is 7.94. The van der Waals surface area contributed by atoms with E-state index in [9.17, 15) is 9.90 Å². The molecule has 0 aromatic heterocycles. The van der Waals surface area contributed by atoms with Crippen LogP contribution in [0.1, 0.15) is 25.3 Å². The predicted molar refractivity (Wildman–Crippen MR) is 89.0 cm³/mol. The number of carbonyl (C=O) groups excluding carboxylic acids is 1. The predicted octanol–water partition coefficient (Wildman–Crippen LogP) is 2.05. The molecule has 0 bridgehead atoms. The average Bonchev–Trinajstić information content (AvgIpc) is 2.53. The first kappa shape index (κ1) is 16.6. The Hall–Kier alpha value is -1.75. The number of carbonyl (C=O) groups is 1. The van der Waals surface area contributed by atoms with Crippen LogP contribution in [0, 0.1) is 5.92 Å². The average molecular weight is 305 g/mol. The summed E-state index contributed by atoms with van der Waals surface area (Å²) in [7, 11) is 4.00. The topological polar surface area (TPSA) is 55.8 Å². The van der Waals surface area contributed by atoms with Gasteiger partial charge in [0.2, 0.25) is 0 Å². The first-order valence-corrected chi connectivity index (χ1v) is 7.94. The molecule has 1 fully saturated rings. The number of likely N-dealkylation sites (tertiary alicyclic amines) is 1. The molecule has 0 radical (unpaired) electrons. The number of hydrogen-bond acceptors (Lipinski definition) is 3. The molecule has 0 saturated carbocycles. The Labute approximate surface area is 132 Å². The van der Waals surface area contributed by atoms with Gasteiger partial charge in [0.1, 0.15) is 0 Å². The lowest BCUT2D eigenvalue weighted by Gasteiger charge is -2.34. The molecule has 2 atom stereocenters. The molecule has 1 aliphatic rings. The maximum atomic E-state index is 12.3. The molecule has 1 aromatic rings. The van der Waals surface area contributed by atoms with Crippen molar-refractivity contribution in [2.45, 2.75) is 32.4 Å². The highest BCUT2D eigenvalue weighted by atomic mass is 16.3. The van der Waals surface area contributed by atoms with Gasteiger partial charge in [-0.25, -0.2) is 4.79 Å². The van der Waals surface area contributed by atoms with Gasteiger partial charge in [-0.05, 0) is 37.5 Å². The van der Waals surface area contributed by atoms with Gasteiger partial charge in [0.25, 0.3) is 0 Å². The summed E-state index contributed by atoms with van der Waals surface area (Å²) < 4.78 is 0. The van der Waals surface area contributed by atoms with E-state index in [0.717, 1.165) is 30.6 Å². The van der Waals surface area contributed by atoms with Crippen molar-refractivity contribution in [3.63, 3.8) is 0 Å². The molecular formula is C17H27N3O2. The first-order chi connectivity index (χ1) is 10.5. The number of urea groups is 1. The zero-order valence-electron chi connectivity index (χ0n) is 13.7. The summed E-state index contributed by atoms with van der Waals surface area (Å²) in [5.74, 6) is 0.191. The van der Waals surface area contributed by atoms with E-state index in [4.69, 9.17) is 0 Å². The highest BCUT2D eigenvalue weighted by Crippen LogP contribution is 2.20. The number of nitrogens with zero attached hydrogens (tertiary/aromatic N) is 2. The SMILES string of the molecule is CC(O)C1CCCN(C(=O)NCc2cccc(N(C)C)c2)C1. The summed E-state index contributed by atoms with van der Waals surface area (Å²) in [6.07, 6.45) is 1.60. The van der Waals surface area contributed by atoms with E-state index in [1.54, 1.807) is 6.92 Å². The van der Waals surface area contributed by atoms with Crippen molar-refractivity contribution >= 4 is 11.7 Å². The molecule has 22 heavy (non-hydrogen) atoms. The third-order valence-corrected chi connectivity index (χ3v) is 4.30. The summed E-state index contributed by atoms with van der Waals surface area (Å²) in [5, 5.41) is 12.7. The molecule has 1 aliphatic heterocycles. The summed E-state index contributed by atoms with van der Waals surface area (Å²) in [4.78, 5) is 16.1. The summed E-state index contributed by atoms with van der Waals surface area (Å²) in [5.41, 5.74) is 2.21. The van der Waals surface area contributed by atoms with Crippen molar-refractivity contribution in [3.8, 4) is 0 Å². The molecule has 2 N–H and O–H groups in total. The number of piperidine rings is 1. The zero-order chi connectivity index (χ0) is 16.1. The Morgan fingerprint density at radius 2 is 2.27 bits per heavy atom. The summed E-state index contributed by atoms with van der Waals surface area (Å²) in [6.45, 7) is 3.74. The van der Waals surface area contributed by atoms with Gasteiger partial charge in [-0.1, -0.05) is 12.1 Å². The number of anilines is 1. The van der Waals surface area contributed by atoms with Crippen LogP contribution in [0.3, 0.4) is 0 Å². The van der Waals surface area contributed by atoms with Crippen LogP contribution in [0.4, 0.5) is 10.5 Å². The number of aliphatic hydroxyl groups is 1. The van der Waals surface area contributed by atoms with Crippen LogP contribution >= 0.6 is 0 Å². The second-order valence-corrected chi connectivity index (χ2v) is 6.31.